The third-order valence-corrected chi connectivity index (χ3v) is 1.66. The number of hydrogen-bond donors (Lipinski definition) is 1. The molecule has 1 N–H and O–H groups in total. The van der Waals surface area contributed by atoms with Crippen molar-refractivity contribution in [2.24, 2.45) is 0 Å². The van der Waals surface area contributed by atoms with Crippen LogP contribution in [0.1, 0.15) is 53.9 Å². The fourth-order valence-corrected chi connectivity index (χ4v) is 1.11. The molecule has 1 rings (SSSR count). The van der Waals surface area contributed by atoms with Gasteiger partial charge in [-0.25, -0.2) is 0 Å². The second-order valence-corrected chi connectivity index (χ2v) is 2.20. The lowest BCUT2D eigenvalue weighted by atomic mass is 10.2. The number of rotatable bonds is 1. The van der Waals surface area contributed by atoms with Crippen LogP contribution >= 0.6 is 0 Å². The van der Waals surface area contributed by atoms with E-state index in [0.717, 1.165) is 6.04 Å². The smallest absolute Gasteiger partial charge is 0.00649 e. The van der Waals surface area contributed by atoms with Crippen molar-refractivity contribution < 1.29 is 0 Å². The van der Waals surface area contributed by atoms with Gasteiger partial charge in [-0.2, -0.15) is 0 Å². The Labute approximate surface area is 72.6 Å². The van der Waals surface area contributed by atoms with Gasteiger partial charge in [0.2, 0.25) is 0 Å². The Morgan fingerprint density at radius 1 is 1.18 bits per heavy atom. The molecule has 0 aromatic rings. The SMILES string of the molecule is CC.CC.CCC1CCCN1. The van der Waals surface area contributed by atoms with Crippen LogP contribution in [0.4, 0.5) is 0 Å². The minimum atomic E-state index is 0.847. The molecule has 0 aromatic carbocycles. The van der Waals surface area contributed by atoms with Crippen LogP contribution in [0, 0.1) is 0 Å². The summed E-state index contributed by atoms with van der Waals surface area (Å²) < 4.78 is 0. The molecule has 1 heteroatoms. The van der Waals surface area contributed by atoms with E-state index in [2.05, 4.69) is 12.2 Å². The molecule has 70 valence electrons. The van der Waals surface area contributed by atoms with Gasteiger partial charge >= 0.3 is 0 Å². The van der Waals surface area contributed by atoms with Crippen molar-refractivity contribution in [1.29, 1.82) is 0 Å². The molecule has 0 radical (unpaired) electrons. The minimum Gasteiger partial charge on any atom is -0.314 e. The first kappa shape index (κ1) is 13.5. The van der Waals surface area contributed by atoms with E-state index in [9.17, 15) is 0 Å². The lowest BCUT2D eigenvalue weighted by molar-refractivity contribution is 0.587. The lowest BCUT2D eigenvalue weighted by Crippen LogP contribution is -2.19. The molecule has 1 saturated heterocycles. The zero-order chi connectivity index (χ0) is 9.11. The molecule has 0 spiro atoms. The van der Waals surface area contributed by atoms with Gasteiger partial charge in [0.25, 0.3) is 0 Å². The molecular formula is C10H25N. The van der Waals surface area contributed by atoms with Gasteiger partial charge in [-0.3, -0.25) is 0 Å². The van der Waals surface area contributed by atoms with Crippen molar-refractivity contribution in [2.45, 2.75) is 59.9 Å². The maximum absolute atomic E-state index is 3.41. The summed E-state index contributed by atoms with van der Waals surface area (Å²) in [4.78, 5) is 0. The fraction of sp³-hybridized carbons (Fsp3) is 1.00. The minimum absolute atomic E-state index is 0.847. The number of nitrogens with one attached hydrogen (secondary N) is 1. The van der Waals surface area contributed by atoms with Crippen LogP contribution in [-0.4, -0.2) is 12.6 Å². The zero-order valence-corrected chi connectivity index (χ0v) is 8.91. The molecule has 0 saturated carbocycles. The Hall–Kier alpha value is -0.0400. The van der Waals surface area contributed by atoms with Gasteiger partial charge in [0.05, 0.1) is 0 Å². The average molecular weight is 159 g/mol. The van der Waals surface area contributed by atoms with Crippen LogP contribution < -0.4 is 5.32 Å². The molecule has 1 fully saturated rings. The quantitative estimate of drug-likeness (QED) is 0.619. The van der Waals surface area contributed by atoms with Gasteiger partial charge in [-0.1, -0.05) is 34.6 Å². The maximum atomic E-state index is 3.41. The molecule has 1 atom stereocenters. The monoisotopic (exact) mass is 159 g/mol. The van der Waals surface area contributed by atoms with Crippen molar-refractivity contribution >= 4 is 0 Å². The molecule has 0 amide bonds. The third-order valence-electron chi connectivity index (χ3n) is 1.66. The highest BCUT2D eigenvalue weighted by Crippen LogP contribution is 2.06. The second-order valence-electron chi connectivity index (χ2n) is 2.20. The fourth-order valence-electron chi connectivity index (χ4n) is 1.11. The van der Waals surface area contributed by atoms with E-state index < -0.39 is 0 Å². The highest BCUT2D eigenvalue weighted by molar-refractivity contribution is 4.71. The summed E-state index contributed by atoms with van der Waals surface area (Å²) in [6, 6.07) is 0.847. The molecule has 0 aromatic heterocycles. The first-order valence-corrected chi connectivity index (χ1v) is 5.17. The highest BCUT2D eigenvalue weighted by Gasteiger charge is 2.09. The van der Waals surface area contributed by atoms with E-state index in [1.54, 1.807) is 0 Å². The van der Waals surface area contributed by atoms with Crippen LogP contribution in [0.2, 0.25) is 0 Å². The summed E-state index contributed by atoms with van der Waals surface area (Å²) in [7, 11) is 0. The highest BCUT2D eigenvalue weighted by atomic mass is 14.9. The summed E-state index contributed by atoms with van der Waals surface area (Å²) >= 11 is 0. The summed E-state index contributed by atoms with van der Waals surface area (Å²) in [5.41, 5.74) is 0. The molecule has 0 aliphatic carbocycles. The molecular weight excluding hydrogens is 134 g/mol. The van der Waals surface area contributed by atoms with Gasteiger partial charge in [0, 0.05) is 6.04 Å². The Morgan fingerprint density at radius 2 is 1.73 bits per heavy atom. The first-order valence-electron chi connectivity index (χ1n) is 5.17. The van der Waals surface area contributed by atoms with Crippen molar-refractivity contribution in [3.8, 4) is 0 Å². The normalized spacial score (nSPS) is 21.0. The Bertz CT molecular complexity index is 46.8. The summed E-state index contributed by atoms with van der Waals surface area (Å²) in [6.07, 6.45) is 4.09. The molecule has 1 aliphatic heterocycles. The lowest BCUT2D eigenvalue weighted by Gasteiger charge is -2.02. The summed E-state index contributed by atoms with van der Waals surface area (Å²) in [6.45, 7) is 11.5. The van der Waals surface area contributed by atoms with Crippen molar-refractivity contribution in [1.82, 2.24) is 5.32 Å². The molecule has 1 nitrogen and oxygen atoms in total. The molecule has 1 heterocycles. The van der Waals surface area contributed by atoms with Gasteiger partial charge in [0.1, 0.15) is 0 Å². The molecule has 1 unspecified atom stereocenters. The Morgan fingerprint density at radius 3 is 1.91 bits per heavy atom. The van der Waals surface area contributed by atoms with E-state index >= 15 is 0 Å². The van der Waals surface area contributed by atoms with Crippen molar-refractivity contribution in [3.63, 3.8) is 0 Å². The maximum Gasteiger partial charge on any atom is 0.00649 e. The predicted molar refractivity (Wildman–Crippen MR) is 54.0 cm³/mol. The first-order chi connectivity index (χ1) is 5.43. The zero-order valence-electron chi connectivity index (χ0n) is 8.91. The Kier molecular flexibility index (Phi) is 15.5. The van der Waals surface area contributed by atoms with Crippen LogP contribution in [0.15, 0.2) is 0 Å². The van der Waals surface area contributed by atoms with E-state index in [0.29, 0.717) is 0 Å². The van der Waals surface area contributed by atoms with Gasteiger partial charge in [-0.05, 0) is 25.8 Å². The van der Waals surface area contributed by atoms with E-state index in [4.69, 9.17) is 0 Å². The summed E-state index contributed by atoms with van der Waals surface area (Å²) in [5.74, 6) is 0. The second kappa shape index (κ2) is 12.6. The van der Waals surface area contributed by atoms with Crippen LogP contribution in [-0.2, 0) is 0 Å². The average Bonchev–Trinajstić information content (AvgIpc) is 2.63. The standard InChI is InChI=1S/C6H13N.2C2H6/c1-2-6-4-3-5-7-6;2*1-2/h6-7H,2-5H2,1H3;2*1-2H3. The molecule has 0 bridgehead atoms. The number of hydrogen-bond acceptors (Lipinski definition) is 1. The van der Waals surface area contributed by atoms with E-state index in [1.165, 1.54) is 25.8 Å². The Balaban J connectivity index is 0. The van der Waals surface area contributed by atoms with Gasteiger partial charge in [0.15, 0.2) is 0 Å². The van der Waals surface area contributed by atoms with E-state index in [-0.39, 0.29) is 0 Å². The largest absolute Gasteiger partial charge is 0.314 e. The predicted octanol–water partition coefficient (Wildman–Crippen LogP) is 3.20. The third kappa shape index (κ3) is 7.86. The van der Waals surface area contributed by atoms with E-state index in [1.807, 2.05) is 27.7 Å². The van der Waals surface area contributed by atoms with Gasteiger partial charge in [-0.15, -0.1) is 0 Å². The van der Waals surface area contributed by atoms with Crippen LogP contribution in [0.5, 0.6) is 0 Å². The van der Waals surface area contributed by atoms with Gasteiger partial charge < -0.3 is 5.32 Å². The van der Waals surface area contributed by atoms with Crippen molar-refractivity contribution in [3.05, 3.63) is 0 Å². The molecule has 1 aliphatic rings. The van der Waals surface area contributed by atoms with Crippen LogP contribution in [0.3, 0.4) is 0 Å². The molecule has 11 heavy (non-hydrogen) atoms. The van der Waals surface area contributed by atoms with Crippen LogP contribution in [0.25, 0.3) is 0 Å². The van der Waals surface area contributed by atoms with Crippen molar-refractivity contribution in [2.75, 3.05) is 6.54 Å². The summed E-state index contributed by atoms with van der Waals surface area (Å²) in [5, 5.41) is 3.41. The topological polar surface area (TPSA) is 12.0 Å².